The van der Waals surface area contributed by atoms with E-state index in [1.807, 2.05) is 42.5 Å². The van der Waals surface area contributed by atoms with Gasteiger partial charge in [-0.3, -0.25) is 10.1 Å². The summed E-state index contributed by atoms with van der Waals surface area (Å²) in [7, 11) is 0.842. The van der Waals surface area contributed by atoms with Crippen molar-refractivity contribution in [3.05, 3.63) is 93.8 Å². The summed E-state index contributed by atoms with van der Waals surface area (Å²) in [6, 6.07) is 18.2. The van der Waals surface area contributed by atoms with Gasteiger partial charge in [0.15, 0.2) is 0 Å². The second-order valence-electron chi connectivity index (χ2n) is 12.1. The molecule has 1 heterocycles. The van der Waals surface area contributed by atoms with Gasteiger partial charge in [0, 0.05) is 16.9 Å². The summed E-state index contributed by atoms with van der Waals surface area (Å²) in [5.74, 6) is 0.0318. The minimum atomic E-state index is -1.03. The first-order valence-corrected chi connectivity index (χ1v) is 18.9. The Labute approximate surface area is 278 Å². The van der Waals surface area contributed by atoms with Crippen LogP contribution >= 0.6 is 33.0 Å². The number of thiophene rings is 1. The molecule has 1 saturated carbocycles. The van der Waals surface area contributed by atoms with Crippen LogP contribution < -0.4 is 10.1 Å². The summed E-state index contributed by atoms with van der Waals surface area (Å²) >= 11 is 7.60. The molecule has 11 heteroatoms. The summed E-state index contributed by atoms with van der Waals surface area (Å²) in [6.07, 6.45) is 6.30. The number of rotatable bonds is 11. The van der Waals surface area contributed by atoms with Crippen LogP contribution in [0.25, 0.3) is 21.6 Å². The predicted molar refractivity (Wildman–Crippen MR) is 184 cm³/mol. The fourth-order valence-electron chi connectivity index (χ4n) is 5.16. The number of ether oxygens (including phenoxy) is 3. The fraction of sp³-hybridized carbons (Fsp3) is 0.314. The van der Waals surface area contributed by atoms with Crippen LogP contribution in [-0.4, -0.2) is 50.3 Å². The number of halogens is 3. The Morgan fingerprint density at radius 1 is 1.00 bits per heavy atom. The molecule has 1 aliphatic rings. The number of esters is 1. The Balaban J connectivity index is 1.31. The average molecular weight is 688 g/mol. The number of nitrogens with one attached hydrogen (secondary N) is 1. The van der Waals surface area contributed by atoms with Crippen LogP contribution in [0, 0.1) is 11.6 Å². The first kappa shape index (κ1) is 33.8. The van der Waals surface area contributed by atoms with Gasteiger partial charge in [-0.25, -0.2) is 23.6 Å². The van der Waals surface area contributed by atoms with E-state index >= 15 is 0 Å². The largest absolute Gasteiger partial charge is 0.496 e. The Morgan fingerprint density at radius 3 is 2.35 bits per heavy atom. The lowest BCUT2D eigenvalue weighted by Crippen LogP contribution is -2.25. The third-order valence-electron chi connectivity index (χ3n) is 7.90. The second-order valence-corrected chi connectivity index (χ2v) is 18.4. The number of methoxy groups -OCH3 is 1. The molecular weight excluding hydrogens is 652 g/mol. The van der Waals surface area contributed by atoms with Gasteiger partial charge in [-0.05, 0) is 85.6 Å². The van der Waals surface area contributed by atoms with Crippen molar-refractivity contribution in [3.8, 4) is 27.3 Å². The molecular formula is C35H36ClF2NO5S2. The standard InChI is InChI=1S/C35H36ClF2NO5S2/c1-21(27-19-25(37)11-13-28(27)38)44-34(41)39-29-20-31(36)45-32(29)23-8-12-26(30(18-23)42-2)22-6-9-24(10-7-22)35(14-15-35)33(40)43-16-17-46(3,4)5/h6-13,18-21H,14-17H2,1-5H3,(H,39,41)/t21-/m1/s1. The minimum absolute atomic E-state index is 0.0729. The van der Waals surface area contributed by atoms with Crippen molar-refractivity contribution in [2.75, 3.05) is 43.6 Å². The first-order chi connectivity index (χ1) is 21.8. The third kappa shape index (κ3) is 7.67. The van der Waals surface area contributed by atoms with E-state index in [-0.39, 0.29) is 11.5 Å². The van der Waals surface area contributed by atoms with Crippen LogP contribution in [0.5, 0.6) is 5.75 Å². The second kappa shape index (κ2) is 13.6. The molecule has 0 aliphatic heterocycles. The maximum atomic E-state index is 14.2. The highest BCUT2D eigenvalue weighted by Gasteiger charge is 2.52. The number of carbonyl (C=O) groups is 2. The van der Waals surface area contributed by atoms with Crippen molar-refractivity contribution >= 4 is 50.7 Å². The molecule has 6 nitrogen and oxygen atoms in total. The quantitative estimate of drug-likeness (QED) is 0.159. The molecule has 0 unspecified atom stereocenters. The normalized spacial score (nSPS) is 14.7. The summed E-state index contributed by atoms with van der Waals surface area (Å²) in [5.41, 5.74) is 3.22. The Bertz CT molecular complexity index is 1750. The SMILES string of the molecule is COc1cc(-c2sc(Cl)cc2NC(=O)O[C@H](C)c2cc(F)ccc2F)ccc1-c1ccc(C2(C(=O)OCCS(C)(C)C)CC2)cc1. The molecule has 244 valence electrons. The van der Waals surface area contributed by atoms with Crippen LogP contribution in [-0.2, 0) is 19.7 Å². The smallest absolute Gasteiger partial charge is 0.412 e. The van der Waals surface area contributed by atoms with E-state index in [9.17, 15) is 18.4 Å². The lowest BCUT2D eigenvalue weighted by atomic mass is 9.93. The maximum Gasteiger partial charge on any atom is 0.412 e. The van der Waals surface area contributed by atoms with Crippen LogP contribution in [0.1, 0.15) is 37.0 Å². The molecule has 0 saturated heterocycles. The van der Waals surface area contributed by atoms with E-state index in [0.717, 1.165) is 59.0 Å². The summed E-state index contributed by atoms with van der Waals surface area (Å²) < 4.78 is 45.0. The summed E-state index contributed by atoms with van der Waals surface area (Å²) in [4.78, 5) is 26.4. The molecule has 4 aromatic rings. The van der Waals surface area contributed by atoms with Crippen LogP contribution in [0.4, 0.5) is 19.3 Å². The monoisotopic (exact) mass is 687 g/mol. The highest BCUT2D eigenvalue weighted by molar-refractivity contribution is 8.32. The van der Waals surface area contributed by atoms with Gasteiger partial charge in [0.25, 0.3) is 0 Å². The van der Waals surface area contributed by atoms with Gasteiger partial charge in [0.1, 0.15) is 23.5 Å². The molecule has 1 N–H and O–H groups in total. The van der Waals surface area contributed by atoms with Crippen molar-refractivity contribution < 1.29 is 32.6 Å². The molecule has 1 amide bonds. The molecule has 5 rings (SSSR count). The van der Waals surface area contributed by atoms with Gasteiger partial charge < -0.3 is 14.2 Å². The van der Waals surface area contributed by atoms with Gasteiger partial charge in [0.05, 0.1) is 34.0 Å². The maximum absolute atomic E-state index is 14.2. The Kier molecular flexibility index (Phi) is 10.0. The summed E-state index contributed by atoms with van der Waals surface area (Å²) in [6.45, 7) is 1.91. The van der Waals surface area contributed by atoms with Gasteiger partial charge in [0.2, 0.25) is 0 Å². The predicted octanol–water partition coefficient (Wildman–Crippen LogP) is 9.60. The molecule has 1 atom stereocenters. The lowest BCUT2D eigenvalue weighted by molar-refractivity contribution is -0.146. The molecule has 0 bridgehead atoms. The Hall–Kier alpha value is -3.60. The molecule has 0 spiro atoms. The van der Waals surface area contributed by atoms with Crippen molar-refractivity contribution in [1.29, 1.82) is 0 Å². The topological polar surface area (TPSA) is 73.9 Å². The Morgan fingerprint density at radius 2 is 1.70 bits per heavy atom. The van der Waals surface area contributed by atoms with E-state index in [4.69, 9.17) is 25.8 Å². The number of amides is 1. The minimum Gasteiger partial charge on any atom is -0.496 e. The van der Waals surface area contributed by atoms with Crippen LogP contribution in [0.15, 0.2) is 66.7 Å². The molecule has 1 aliphatic carbocycles. The number of hydrogen-bond donors (Lipinski definition) is 1. The van der Waals surface area contributed by atoms with Crippen molar-refractivity contribution in [1.82, 2.24) is 0 Å². The molecule has 3 aromatic carbocycles. The van der Waals surface area contributed by atoms with E-state index in [2.05, 4.69) is 24.1 Å². The van der Waals surface area contributed by atoms with E-state index in [0.29, 0.717) is 27.3 Å². The third-order valence-corrected chi connectivity index (χ3v) is 10.6. The van der Waals surface area contributed by atoms with Crippen molar-refractivity contribution in [2.45, 2.75) is 31.3 Å². The van der Waals surface area contributed by atoms with E-state index in [1.165, 1.54) is 18.3 Å². The fourth-order valence-corrected chi connectivity index (χ4v) is 6.92. The van der Waals surface area contributed by atoms with E-state index < -0.39 is 39.3 Å². The van der Waals surface area contributed by atoms with Gasteiger partial charge in [-0.1, -0.05) is 48.0 Å². The number of carbonyl (C=O) groups excluding carboxylic acids is 2. The van der Waals surface area contributed by atoms with Gasteiger partial charge in [-0.2, -0.15) is 0 Å². The zero-order chi connectivity index (χ0) is 33.2. The highest BCUT2D eigenvalue weighted by Crippen LogP contribution is 2.50. The highest BCUT2D eigenvalue weighted by atomic mass is 35.5. The molecule has 1 aromatic heterocycles. The lowest BCUT2D eigenvalue weighted by Gasteiger charge is -2.25. The number of hydrogen-bond acceptors (Lipinski definition) is 6. The first-order valence-electron chi connectivity index (χ1n) is 14.6. The number of benzene rings is 3. The zero-order valence-corrected chi connectivity index (χ0v) is 28.6. The molecule has 46 heavy (non-hydrogen) atoms. The number of anilines is 1. The molecule has 0 radical (unpaired) electrons. The van der Waals surface area contributed by atoms with Crippen molar-refractivity contribution in [3.63, 3.8) is 0 Å². The average Bonchev–Trinajstić information content (AvgIpc) is 3.74. The zero-order valence-electron chi connectivity index (χ0n) is 26.2. The summed E-state index contributed by atoms with van der Waals surface area (Å²) in [5, 5.41) is 2.67. The van der Waals surface area contributed by atoms with E-state index in [1.54, 1.807) is 13.2 Å². The van der Waals surface area contributed by atoms with Crippen molar-refractivity contribution in [2.24, 2.45) is 0 Å². The van der Waals surface area contributed by atoms with Gasteiger partial charge in [-0.15, -0.1) is 11.3 Å². The van der Waals surface area contributed by atoms with Crippen LogP contribution in [0.3, 0.4) is 0 Å². The van der Waals surface area contributed by atoms with Gasteiger partial charge >= 0.3 is 12.1 Å². The molecule has 1 fully saturated rings. The van der Waals surface area contributed by atoms with Crippen LogP contribution in [0.2, 0.25) is 4.34 Å².